The summed E-state index contributed by atoms with van der Waals surface area (Å²) in [4.78, 5) is 12.9. The van der Waals surface area contributed by atoms with E-state index in [1.54, 1.807) is 24.3 Å². The molecule has 2 aromatic carbocycles. The molecule has 0 saturated heterocycles. The van der Waals surface area contributed by atoms with E-state index in [1.807, 2.05) is 0 Å². The zero-order valence-corrected chi connectivity index (χ0v) is 13.1. The van der Waals surface area contributed by atoms with E-state index in [0.29, 0.717) is 10.2 Å². The zero-order valence-electron chi connectivity index (χ0n) is 9.98. The van der Waals surface area contributed by atoms with Gasteiger partial charge in [-0.15, -0.1) is 0 Å². The molecular formula is C13H9BrCl2N2O2. The monoisotopic (exact) mass is 374 g/mol. The van der Waals surface area contributed by atoms with Crippen molar-refractivity contribution >= 4 is 56.5 Å². The Hall–Kier alpha value is -1.43. The molecule has 0 atom stereocenters. The van der Waals surface area contributed by atoms with Crippen molar-refractivity contribution in [2.45, 2.75) is 0 Å². The van der Waals surface area contributed by atoms with Gasteiger partial charge in [0.2, 0.25) is 0 Å². The SMILES string of the molecule is NC(=O)N(c1ccccc1Br)c1ccc(Cl)c(Cl)c1O. The van der Waals surface area contributed by atoms with E-state index in [9.17, 15) is 9.90 Å². The molecule has 0 bridgehead atoms. The largest absolute Gasteiger partial charge is 0.504 e. The quantitative estimate of drug-likeness (QED) is 0.800. The zero-order chi connectivity index (χ0) is 14.9. The maximum atomic E-state index is 11.7. The molecule has 0 aliphatic heterocycles. The first-order chi connectivity index (χ1) is 9.43. The first-order valence-electron chi connectivity index (χ1n) is 5.44. The third-order valence-corrected chi connectivity index (χ3v) is 4.07. The summed E-state index contributed by atoms with van der Waals surface area (Å²) in [5.41, 5.74) is 6.04. The van der Waals surface area contributed by atoms with E-state index < -0.39 is 6.03 Å². The summed E-state index contributed by atoms with van der Waals surface area (Å²) in [6, 6.07) is 9.15. The van der Waals surface area contributed by atoms with Crippen molar-refractivity contribution < 1.29 is 9.90 Å². The second kappa shape index (κ2) is 5.91. The molecule has 0 radical (unpaired) electrons. The molecule has 2 aromatic rings. The molecule has 0 unspecified atom stereocenters. The Morgan fingerprint density at radius 2 is 1.80 bits per heavy atom. The number of primary amides is 1. The minimum absolute atomic E-state index is 0.0394. The maximum absolute atomic E-state index is 11.7. The summed E-state index contributed by atoms with van der Waals surface area (Å²) in [7, 11) is 0. The van der Waals surface area contributed by atoms with Gasteiger partial charge < -0.3 is 10.8 Å². The van der Waals surface area contributed by atoms with Crippen LogP contribution in [0.4, 0.5) is 16.2 Å². The number of rotatable bonds is 2. The topological polar surface area (TPSA) is 66.6 Å². The number of phenols is 1. The molecule has 0 aromatic heterocycles. The Kier molecular flexibility index (Phi) is 4.42. The Morgan fingerprint density at radius 1 is 1.15 bits per heavy atom. The van der Waals surface area contributed by atoms with E-state index in [4.69, 9.17) is 28.9 Å². The van der Waals surface area contributed by atoms with Gasteiger partial charge in [0.1, 0.15) is 5.02 Å². The van der Waals surface area contributed by atoms with Crippen molar-refractivity contribution in [1.82, 2.24) is 0 Å². The number of anilines is 2. The Balaban J connectivity index is 2.65. The van der Waals surface area contributed by atoms with Crippen LogP contribution in [0.1, 0.15) is 0 Å². The first-order valence-corrected chi connectivity index (χ1v) is 6.99. The number of benzene rings is 2. The fraction of sp³-hybridized carbons (Fsp3) is 0. The van der Waals surface area contributed by atoms with Gasteiger partial charge in [-0.05, 0) is 40.2 Å². The van der Waals surface area contributed by atoms with Gasteiger partial charge >= 0.3 is 6.03 Å². The van der Waals surface area contributed by atoms with Gasteiger partial charge in [0.05, 0.1) is 16.4 Å². The number of phenolic OH excluding ortho intramolecular Hbond substituents is 1. The van der Waals surface area contributed by atoms with Crippen molar-refractivity contribution in [3.8, 4) is 5.75 Å². The third kappa shape index (κ3) is 2.70. The predicted octanol–water partition coefficient (Wildman–Crippen LogP) is 4.68. The number of carbonyl (C=O) groups is 1. The van der Waals surface area contributed by atoms with Crippen LogP contribution in [0.2, 0.25) is 10.0 Å². The van der Waals surface area contributed by atoms with Crippen molar-refractivity contribution in [2.75, 3.05) is 4.90 Å². The number of nitrogens with zero attached hydrogens (tertiary/aromatic N) is 1. The van der Waals surface area contributed by atoms with Crippen LogP contribution in [-0.2, 0) is 0 Å². The van der Waals surface area contributed by atoms with Crippen LogP contribution in [0.3, 0.4) is 0 Å². The molecule has 0 aliphatic carbocycles. The summed E-state index contributed by atoms with van der Waals surface area (Å²) in [5.74, 6) is -0.311. The molecule has 3 N–H and O–H groups in total. The smallest absolute Gasteiger partial charge is 0.324 e. The van der Waals surface area contributed by atoms with Gasteiger partial charge in [0, 0.05) is 4.47 Å². The number of hydrogen-bond donors (Lipinski definition) is 2. The number of para-hydroxylation sites is 1. The lowest BCUT2D eigenvalue weighted by molar-refractivity contribution is 0.256. The number of urea groups is 1. The standard InChI is InChI=1S/C13H9BrCl2N2O2/c14-7-3-1-2-4-9(7)18(13(17)20)10-6-5-8(15)11(16)12(10)19/h1-6,19H,(H2,17,20). The second-order valence-electron chi connectivity index (χ2n) is 3.85. The van der Waals surface area contributed by atoms with Crippen molar-refractivity contribution in [3.05, 3.63) is 50.9 Å². The summed E-state index contributed by atoms with van der Waals surface area (Å²) >= 11 is 15.0. The van der Waals surface area contributed by atoms with Crippen molar-refractivity contribution in [3.63, 3.8) is 0 Å². The number of nitrogens with two attached hydrogens (primary N) is 1. The minimum Gasteiger partial charge on any atom is -0.504 e. The Labute approximate surface area is 133 Å². The summed E-state index contributed by atoms with van der Waals surface area (Å²) in [5, 5.41) is 10.2. The molecule has 0 saturated carbocycles. The number of amides is 2. The average Bonchev–Trinajstić information content (AvgIpc) is 2.41. The van der Waals surface area contributed by atoms with Crippen LogP contribution < -0.4 is 10.6 Å². The van der Waals surface area contributed by atoms with Crippen LogP contribution in [0.25, 0.3) is 0 Å². The molecule has 104 valence electrons. The van der Waals surface area contributed by atoms with E-state index in [0.717, 1.165) is 4.90 Å². The number of halogens is 3. The van der Waals surface area contributed by atoms with Crippen LogP contribution in [0.5, 0.6) is 5.75 Å². The minimum atomic E-state index is -0.759. The normalized spacial score (nSPS) is 10.3. The molecule has 0 spiro atoms. The van der Waals surface area contributed by atoms with Gasteiger partial charge in [0.15, 0.2) is 5.75 Å². The maximum Gasteiger partial charge on any atom is 0.324 e. The highest BCUT2D eigenvalue weighted by molar-refractivity contribution is 9.10. The molecule has 7 heteroatoms. The van der Waals surface area contributed by atoms with Crippen LogP contribution >= 0.6 is 39.1 Å². The molecule has 2 amide bonds. The van der Waals surface area contributed by atoms with Gasteiger partial charge in [-0.2, -0.15) is 0 Å². The van der Waals surface area contributed by atoms with Crippen molar-refractivity contribution in [1.29, 1.82) is 0 Å². The lowest BCUT2D eigenvalue weighted by Crippen LogP contribution is -2.31. The molecule has 20 heavy (non-hydrogen) atoms. The van der Waals surface area contributed by atoms with E-state index in [1.165, 1.54) is 12.1 Å². The number of aromatic hydroxyl groups is 1. The first kappa shape index (κ1) is 15.0. The summed E-state index contributed by atoms with van der Waals surface area (Å²) < 4.78 is 0.643. The fourth-order valence-electron chi connectivity index (χ4n) is 1.71. The van der Waals surface area contributed by atoms with Gasteiger partial charge in [0.25, 0.3) is 0 Å². The Bertz CT molecular complexity index is 679. The number of hydrogen-bond acceptors (Lipinski definition) is 2. The van der Waals surface area contributed by atoms with Gasteiger partial charge in [-0.1, -0.05) is 35.3 Å². The highest BCUT2D eigenvalue weighted by Crippen LogP contribution is 2.43. The molecule has 4 nitrogen and oxygen atoms in total. The summed E-state index contributed by atoms with van der Waals surface area (Å²) in [6.45, 7) is 0. The second-order valence-corrected chi connectivity index (χ2v) is 5.49. The molecule has 0 aliphatic rings. The van der Waals surface area contributed by atoms with E-state index in [-0.39, 0.29) is 21.5 Å². The lowest BCUT2D eigenvalue weighted by atomic mass is 10.2. The highest BCUT2D eigenvalue weighted by atomic mass is 79.9. The fourth-order valence-corrected chi connectivity index (χ4v) is 2.48. The van der Waals surface area contributed by atoms with E-state index >= 15 is 0 Å². The highest BCUT2D eigenvalue weighted by Gasteiger charge is 2.22. The van der Waals surface area contributed by atoms with E-state index in [2.05, 4.69) is 15.9 Å². The molecule has 0 heterocycles. The Morgan fingerprint density at radius 3 is 2.40 bits per heavy atom. The number of carbonyl (C=O) groups excluding carboxylic acids is 1. The van der Waals surface area contributed by atoms with Crippen LogP contribution in [-0.4, -0.2) is 11.1 Å². The lowest BCUT2D eigenvalue weighted by Gasteiger charge is -2.23. The predicted molar refractivity (Wildman–Crippen MR) is 84.0 cm³/mol. The van der Waals surface area contributed by atoms with Crippen LogP contribution in [0.15, 0.2) is 40.9 Å². The third-order valence-electron chi connectivity index (χ3n) is 2.60. The van der Waals surface area contributed by atoms with Crippen LogP contribution in [0, 0.1) is 0 Å². The molecule has 2 rings (SSSR count). The molecular weight excluding hydrogens is 367 g/mol. The van der Waals surface area contributed by atoms with Crippen molar-refractivity contribution in [2.24, 2.45) is 5.73 Å². The average molecular weight is 376 g/mol. The van der Waals surface area contributed by atoms with Gasteiger partial charge in [-0.25, -0.2) is 4.79 Å². The molecule has 0 fully saturated rings. The van der Waals surface area contributed by atoms with Gasteiger partial charge in [-0.3, -0.25) is 4.90 Å². The summed E-state index contributed by atoms with van der Waals surface area (Å²) in [6.07, 6.45) is 0.